The van der Waals surface area contributed by atoms with Gasteiger partial charge >= 0.3 is 6.09 Å². The minimum absolute atomic E-state index is 0.0402. The fraction of sp³-hybridized carbons (Fsp3) is 0.233. The summed E-state index contributed by atoms with van der Waals surface area (Å²) in [4.78, 5) is 25.3. The maximum atomic E-state index is 12.1. The summed E-state index contributed by atoms with van der Waals surface area (Å²) in [5.41, 5.74) is 14.1. The molecule has 0 fully saturated rings. The Labute approximate surface area is 243 Å². The molecular formula is C30H32N4O6S. The Bertz CT molecular complexity index is 1420. The molecule has 0 saturated heterocycles. The standard InChI is InChI=1S/C30H32N4O6S/c1-37-13-14-38-15-16-39-17-18-40-30(36)34-22-6-4-5-21(19-22)9-12-26(31)24-11-10-23(20-27(24)32)41-28-8-3-2-7-25(28)29(33)35/h2-8,10-11,19-20,31H,13-18,32H2,1H3,(H2,33,35)(H,34,36). The molecule has 11 heteroatoms. The predicted octanol–water partition coefficient (Wildman–Crippen LogP) is 4.17. The zero-order valence-electron chi connectivity index (χ0n) is 22.6. The fourth-order valence-electron chi connectivity index (χ4n) is 3.41. The number of hydrogen-bond acceptors (Lipinski definition) is 9. The quantitative estimate of drug-likeness (QED) is 0.0963. The second-order valence-electron chi connectivity index (χ2n) is 8.40. The number of amides is 2. The van der Waals surface area contributed by atoms with Crippen LogP contribution in [0.25, 0.3) is 0 Å². The van der Waals surface area contributed by atoms with Crippen molar-refractivity contribution >= 4 is 40.8 Å². The van der Waals surface area contributed by atoms with E-state index in [1.54, 1.807) is 55.6 Å². The summed E-state index contributed by atoms with van der Waals surface area (Å²) in [6.45, 7) is 2.20. The molecule has 2 amide bonds. The smallest absolute Gasteiger partial charge is 0.411 e. The summed E-state index contributed by atoms with van der Waals surface area (Å²) in [5.74, 6) is 5.22. The lowest BCUT2D eigenvalue weighted by molar-refractivity contribution is 0.0141. The molecule has 0 saturated carbocycles. The van der Waals surface area contributed by atoms with Crippen molar-refractivity contribution in [2.24, 2.45) is 5.73 Å². The van der Waals surface area contributed by atoms with Gasteiger partial charge in [0.25, 0.3) is 0 Å². The molecule has 0 bridgehead atoms. The van der Waals surface area contributed by atoms with Gasteiger partial charge < -0.3 is 30.4 Å². The number of nitrogen functional groups attached to an aromatic ring is 1. The van der Waals surface area contributed by atoms with Crippen LogP contribution in [0.5, 0.6) is 0 Å². The molecule has 3 aromatic rings. The van der Waals surface area contributed by atoms with Crippen molar-refractivity contribution in [2.75, 3.05) is 57.8 Å². The molecular weight excluding hydrogens is 544 g/mol. The number of primary amides is 1. The average Bonchev–Trinajstić information content (AvgIpc) is 2.95. The summed E-state index contributed by atoms with van der Waals surface area (Å²) < 4.78 is 20.6. The highest BCUT2D eigenvalue weighted by Gasteiger charge is 2.11. The normalized spacial score (nSPS) is 10.4. The van der Waals surface area contributed by atoms with E-state index in [0.29, 0.717) is 59.4 Å². The van der Waals surface area contributed by atoms with Crippen LogP contribution in [0.4, 0.5) is 16.2 Å². The van der Waals surface area contributed by atoms with E-state index in [2.05, 4.69) is 17.2 Å². The summed E-state index contributed by atoms with van der Waals surface area (Å²) in [6, 6.07) is 19.2. The molecule has 0 atom stereocenters. The van der Waals surface area contributed by atoms with Crippen LogP contribution in [0.3, 0.4) is 0 Å². The number of nitrogens with two attached hydrogens (primary N) is 2. The second kappa shape index (κ2) is 16.7. The largest absolute Gasteiger partial charge is 0.447 e. The lowest BCUT2D eigenvalue weighted by Gasteiger charge is -2.09. The third-order valence-electron chi connectivity index (χ3n) is 5.38. The van der Waals surface area contributed by atoms with Gasteiger partial charge in [-0.05, 0) is 54.5 Å². The number of carbonyl (C=O) groups excluding carboxylic acids is 2. The van der Waals surface area contributed by atoms with E-state index in [1.165, 1.54) is 11.8 Å². The van der Waals surface area contributed by atoms with Crippen LogP contribution in [0.1, 0.15) is 21.5 Å². The topological polar surface area (TPSA) is 159 Å². The Morgan fingerprint density at radius 2 is 1.63 bits per heavy atom. The Morgan fingerprint density at radius 3 is 2.37 bits per heavy atom. The van der Waals surface area contributed by atoms with Crippen LogP contribution in [0.2, 0.25) is 0 Å². The van der Waals surface area contributed by atoms with Gasteiger partial charge in [-0.25, -0.2) is 4.79 Å². The lowest BCUT2D eigenvalue weighted by Crippen LogP contribution is -2.17. The fourth-order valence-corrected chi connectivity index (χ4v) is 4.41. The summed E-state index contributed by atoms with van der Waals surface area (Å²) >= 11 is 1.36. The van der Waals surface area contributed by atoms with Crippen LogP contribution in [-0.2, 0) is 18.9 Å². The maximum Gasteiger partial charge on any atom is 0.411 e. The third kappa shape index (κ3) is 10.6. The van der Waals surface area contributed by atoms with Gasteiger partial charge in [0.15, 0.2) is 0 Å². The number of nitrogens with one attached hydrogen (secondary N) is 2. The van der Waals surface area contributed by atoms with E-state index < -0.39 is 12.0 Å². The van der Waals surface area contributed by atoms with Crippen LogP contribution < -0.4 is 16.8 Å². The minimum atomic E-state index is -0.619. The van der Waals surface area contributed by atoms with Gasteiger partial charge in [0.1, 0.15) is 12.3 Å². The first kappa shape index (κ1) is 31.2. The van der Waals surface area contributed by atoms with Crippen LogP contribution in [-0.4, -0.2) is 64.5 Å². The molecule has 0 aromatic heterocycles. The van der Waals surface area contributed by atoms with Crippen molar-refractivity contribution in [3.05, 3.63) is 83.4 Å². The van der Waals surface area contributed by atoms with E-state index in [0.717, 1.165) is 4.90 Å². The monoisotopic (exact) mass is 576 g/mol. The number of anilines is 2. The number of benzene rings is 3. The molecule has 41 heavy (non-hydrogen) atoms. The minimum Gasteiger partial charge on any atom is -0.447 e. The Kier molecular flexibility index (Phi) is 12.7. The molecule has 0 heterocycles. The summed E-state index contributed by atoms with van der Waals surface area (Å²) in [7, 11) is 1.61. The molecule has 0 spiro atoms. The van der Waals surface area contributed by atoms with Gasteiger partial charge in [-0.1, -0.05) is 35.9 Å². The van der Waals surface area contributed by atoms with Gasteiger partial charge in [-0.3, -0.25) is 15.5 Å². The van der Waals surface area contributed by atoms with Gasteiger partial charge in [0.05, 0.1) is 38.6 Å². The summed E-state index contributed by atoms with van der Waals surface area (Å²) in [5, 5.41) is 11.0. The number of carbonyl (C=O) groups is 2. The highest BCUT2D eigenvalue weighted by atomic mass is 32.2. The van der Waals surface area contributed by atoms with Crippen molar-refractivity contribution in [3.63, 3.8) is 0 Å². The zero-order valence-corrected chi connectivity index (χ0v) is 23.4. The van der Waals surface area contributed by atoms with E-state index in [9.17, 15) is 9.59 Å². The summed E-state index contributed by atoms with van der Waals surface area (Å²) in [6.07, 6.45) is -0.619. The van der Waals surface area contributed by atoms with Crippen molar-refractivity contribution in [3.8, 4) is 11.8 Å². The number of hydrogen-bond donors (Lipinski definition) is 4. The second-order valence-corrected chi connectivity index (χ2v) is 9.51. The van der Waals surface area contributed by atoms with Gasteiger partial charge in [0.2, 0.25) is 5.91 Å². The first-order valence-corrected chi connectivity index (χ1v) is 13.4. The Hall–Kier alpha value is -4.34. The van der Waals surface area contributed by atoms with Crippen LogP contribution >= 0.6 is 11.8 Å². The first-order valence-electron chi connectivity index (χ1n) is 12.6. The lowest BCUT2D eigenvalue weighted by atomic mass is 10.1. The molecule has 3 aromatic carbocycles. The molecule has 0 aliphatic rings. The van der Waals surface area contributed by atoms with Crippen molar-refractivity contribution < 1.29 is 28.5 Å². The van der Waals surface area contributed by atoms with E-state index in [4.69, 9.17) is 35.8 Å². The van der Waals surface area contributed by atoms with Crippen LogP contribution in [0.15, 0.2) is 76.5 Å². The molecule has 0 radical (unpaired) electrons. The van der Waals surface area contributed by atoms with Crippen molar-refractivity contribution in [1.82, 2.24) is 0 Å². The molecule has 10 nitrogen and oxygen atoms in total. The molecule has 0 unspecified atom stereocenters. The van der Waals surface area contributed by atoms with E-state index >= 15 is 0 Å². The van der Waals surface area contributed by atoms with Gasteiger partial charge in [-0.2, -0.15) is 0 Å². The number of rotatable bonds is 14. The van der Waals surface area contributed by atoms with Crippen molar-refractivity contribution in [2.45, 2.75) is 9.79 Å². The Morgan fingerprint density at radius 1 is 0.902 bits per heavy atom. The number of methoxy groups -OCH3 is 1. The maximum absolute atomic E-state index is 12.1. The van der Waals surface area contributed by atoms with Crippen molar-refractivity contribution in [1.29, 1.82) is 5.41 Å². The molecule has 6 N–H and O–H groups in total. The predicted molar refractivity (Wildman–Crippen MR) is 159 cm³/mol. The SMILES string of the molecule is COCCOCCOCCOC(=O)Nc1cccc(C#CC(=N)c2ccc(Sc3ccccc3C(N)=O)cc2N)c1. The molecule has 3 rings (SSSR count). The van der Waals surface area contributed by atoms with Gasteiger partial charge in [-0.15, -0.1) is 0 Å². The highest BCUT2D eigenvalue weighted by Crippen LogP contribution is 2.32. The molecule has 214 valence electrons. The highest BCUT2D eigenvalue weighted by molar-refractivity contribution is 7.99. The Balaban J connectivity index is 1.51. The average molecular weight is 577 g/mol. The van der Waals surface area contributed by atoms with Crippen LogP contribution in [0, 0.1) is 17.3 Å². The van der Waals surface area contributed by atoms with Gasteiger partial charge in [0, 0.05) is 39.4 Å². The first-order chi connectivity index (χ1) is 19.9. The molecule has 0 aliphatic carbocycles. The molecule has 0 aliphatic heterocycles. The van der Waals surface area contributed by atoms with E-state index in [1.807, 2.05) is 18.2 Å². The zero-order chi connectivity index (χ0) is 29.5. The third-order valence-corrected chi connectivity index (χ3v) is 6.44. The number of ether oxygens (including phenoxy) is 4. The van der Waals surface area contributed by atoms with E-state index in [-0.39, 0.29) is 18.9 Å².